The van der Waals surface area contributed by atoms with Gasteiger partial charge in [-0.25, -0.2) is 4.57 Å². The van der Waals surface area contributed by atoms with Crippen LogP contribution in [0.25, 0.3) is 10.9 Å². The van der Waals surface area contributed by atoms with Crippen LogP contribution in [0.5, 0.6) is 0 Å². The Morgan fingerprint density at radius 1 is 1.20 bits per heavy atom. The number of rotatable bonds is 7. The van der Waals surface area contributed by atoms with Crippen LogP contribution in [0.3, 0.4) is 0 Å². The third-order valence-corrected chi connectivity index (χ3v) is 4.03. The van der Waals surface area contributed by atoms with Crippen LogP contribution >= 0.6 is 20.0 Å². The Hall–Kier alpha value is -1.21. The highest BCUT2D eigenvalue weighted by molar-refractivity contribution is 7.80. The van der Waals surface area contributed by atoms with Gasteiger partial charge in [-0.05, 0) is 49.7 Å². The zero-order chi connectivity index (χ0) is 19.1. The van der Waals surface area contributed by atoms with Crippen molar-refractivity contribution in [3.05, 3.63) is 42.6 Å². The molecule has 0 bridgehead atoms. The van der Waals surface area contributed by atoms with Gasteiger partial charge in [0.2, 0.25) is 0 Å². The molecule has 0 unspecified atom stereocenters. The van der Waals surface area contributed by atoms with Crippen molar-refractivity contribution in [2.45, 2.75) is 32.6 Å². The van der Waals surface area contributed by atoms with E-state index < -0.39 is 7.82 Å². The largest absolute Gasteiger partial charge is 0.469 e. The van der Waals surface area contributed by atoms with Gasteiger partial charge in [-0.1, -0.05) is 43.4 Å². The van der Waals surface area contributed by atoms with Gasteiger partial charge in [0.15, 0.2) is 0 Å². The Labute approximate surface area is 154 Å². The molecule has 0 aliphatic rings. The molecule has 1 aromatic heterocycles. The molecular weight excluding hydrogens is 359 g/mol. The zero-order valence-corrected chi connectivity index (χ0v) is 16.4. The van der Waals surface area contributed by atoms with Crippen molar-refractivity contribution in [1.29, 1.82) is 0 Å². The van der Waals surface area contributed by atoms with E-state index in [1.807, 2.05) is 37.4 Å². The van der Waals surface area contributed by atoms with E-state index in [4.69, 9.17) is 22.0 Å². The summed E-state index contributed by atoms with van der Waals surface area (Å²) in [5.74, 6) is 0. The molecule has 6 nitrogen and oxygen atoms in total. The third-order valence-electron chi connectivity index (χ3n) is 3.02. The number of thiocarbonyl (C=S) groups is 1. The van der Waals surface area contributed by atoms with Crippen LogP contribution in [-0.2, 0) is 9.09 Å². The minimum atomic E-state index is -4.27. The van der Waals surface area contributed by atoms with Gasteiger partial charge >= 0.3 is 7.82 Å². The molecule has 0 atom stereocenters. The molecule has 0 aliphatic carbocycles. The van der Waals surface area contributed by atoms with Crippen molar-refractivity contribution in [3.8, 4) is 0 Å². The molecule has 140 valence electrons. The molecule has 0 fully saturated rings. The molecule has 0 amide bonds. The van der Waals surface area contributed by atoms with E-state index in [2.05, 4.69) is 27.4 Å². The van der Waals surface area contributed by atoms with Crippen molar-refractivity contribution in [2.75, 3.05) is 13.7 Å². The normalized spacial score (nSPS) is 10.3. The molecule has 0 radical (unpaired) electrons. The number of hydrogen-bond acceptors (Lipinski definition) is 5. The predicted octanol–water partition coefficient (Wildman–Crippen LogP) is 3.86. The highest BCUT2D eigenvalue weighted by Gasteiger charge is 2.12. The predicted molar refractivity (Wildman–Crippen MR) is 107 cm³/mol. The van der Waals surface area contributed by atoms with Gasteiger partial charge < -0.3 is 15.5 Å². The minimum Gasteiger partial charge on any atom is -0.333 e. The number of hydrogen-bond donors (Lipinski definition) is 3. The van der Waals surface area contributed by atoms with Crippen LogP contribution in [-0.4, -0.2) is 33.3 Å². The Morgan fingerprint density at radius 3 is 2.44 bits per heavy atom. The van der Waals surface area contributed by atoms with Crippen molar-refractivity contribution >= 4 is 35.8 Å². The van der Waals surface area contributed by atoms with Gasteiger partial charge in [0.25, 0.3) is 0 Å². The maximum atomic E-state index is 10.2. The summed E-state index contributed by atoms with van der Waals surface area (Å²) in [5.41, 5.74) is 5.56. The SMILES string of the molecule is CCC(=S)CCCCOP(=O)(O)O.CN.c1ccc2ncccc2c1. The molecule has 0 aliphatic heterocycles. The van der Waals surface area contributed by atoms with Crippen molar-refractivity contribution in [1.82, 2.24) is 4.98 Å². The average Bonchev–Trinajstić information content (AvgIpc) is 2.62. The van der Waals surface area contributed by atoms with Gasteiger partial charge in [-0.3, -0.25) is 9.51 Å². The number of phosphoric acid groups is 1. The number of unbranched alkanes of at least 4 members (excludes halogenated alkanes) is 1. The van der Waals surface area contributed by atoms with E-state index in [1.54, 1.807) is 0 Å². The van der Waals surface area contributed by atoms with Gasteiger partial charge in [-0.15, -0.1) is 0 Å². The van der Waals surface area contributed by atoms with Crippen molar-refractivity contribution in [3.63, 3.8) is 0 Å². The fourth-order valence-electron chi connectivity index (χ4n) is 1.80. The number of benzene rings is 1. The summed E-state index contributed by atoms with van der Waals surface area (Å²) in [7, 11) is -2.77. The highest BCUT2D eigenvalue weighted by Crippen LogP contribution is 2.35. The molecule has 25 heavy (non-hydrogen) atoms. The molecule has 0 saturated carbocycles. The first-order chi connectivity index (χ1) is 11.9. The van der Waals surface area contributed by atoms with E-state index in [0.717, 1.165) is 29.6 Å². The first kappa shape index (κ1) is 23.8. The van der Waals surface area contributed by atoms with E-state index in [9.17, 15) is 4.57 Å². The lowest BCUT2D eigenvalue weighted by molar-refractivity contribution is 0.194. The van der Waals surface area contributed by atoms with Crippen molar-refractivity contribution in [2.24, 2.45) is 5.73 Å². The highest BCUT2D eigenvalue weighted by atomic mass is 32.1. The van der Waals surface area contributed by atoms with Crippen LogP contribution in [0.1, 0.15) is 32.6 Å². The summed E-state index contributed by atoms with van der Waals surface area (Å²) in [6, 6.07) is 12.1. The number of phosphoric ester groups is 1. The zero-order valence-electron chi connectivity index (χ0n) is 14.7. The lowest BCUT2D eigenvalue weighted by Crippen LogP contribution is -1.95. The maximum Gasteiger partial charge on any atom is 0.469 e. The lowest BCUT2D eigenvalue weighted by atomic mass is 10.2. The summed E-state index contributed by atoms with van der Waals surface area (Å²) >= 11 is 4.98. The fraction of sp³-hybridized carbons (Fsp3) is 0.412. The summed E-state index contributed by atoms with van der Waals surface area (Å²) in [5, 5.41) is 1.20. The number of aromatic nitrogens is 1. The van der Waals surface area contributed by atoms with Gasteiger partial charge in [0.05, 0.1) is 12.1 Å². The Kier molecular flexibility index (Phi) is 13.3. The molecule has 8 heteroatoms. The number of para-hydroxylation sites is 1. The number of nitrogens with two attached hydrogens (primary N) is 1. The fourth-order valence-corrected chi connectivity index (χ4v) is 2.31. The summed E-state index contributed by atoms with van der Waals surface area (Å²) in [6.45, 7) is 2.09. The van der Waals surface area contributed by atoms with Crippen LogP contribution in [0, 0.1) is 0 Å². The first-order valence-corrected chi connectivity index (χ1v) is 9.95. The minimum absolute atomic E-state index is 0.0939. The van der Waals surface area contributed by atoms with E-state index in [1.165, 1.54) is 12.4 Å². The molecule has 1 heterocycles. The van der Waals surface area contributed by atoms with E-state index >= 15 is 0 Å². The molecule has 4 N–H and O–H groups in total. The molecule has 2 aromatic rings. The number of nitrogens with zero attached hydrogens (tertiary/aromatic N) is 1. The second-order valence-electron chi connectivity index (χ2n) is 4.87. The second kappa shape index (κ2) is 14.0. The first-order valence-electron chi connectivity index (χ1n) is 8.01. The van der Waals surface area contributed by atoms with Gasteiger partial charge in [0.1, 0.15) is 0 Å². The molecule has 0 spiro atoms. The topological polar surface area (TPSA) is 106 Å². The standard InChI is InChI=1S/C9H7N.C7H15O4PS.CH5N/c1-2-6-9-8(4-1)5-3-7-10-9;1-2-7(13)5-3-4-6-11-12(8,9)10;1-2/h1-7H;2-6H2,1H3,(H2,8,9,10);2H2,1H3. The monoisotopic (exact) mass is 386 g/mol. The average molecular weight is 386 g/mol. The van der Waals surface area contributed by atoms with Gasteiger partial charge in [-0.2, -0.15) is 0 Å². The van der Waals surface area contributed by atoms with E-state index in [-0.39, 0.29) is 6.61 Å². The Bertz CT molecular complexity index is 598. The quantitative estimate of drug-likeness (QED) is 0.377. The summed E-state index contributed by atoms with van der Waals surface area (Å²) < 4.78 is 14.5. The van der Waals surface area contributed by atoms with Crippen LogP contribution in [0.2, 0.25) is 0 Å². The molecular formula is C17H27N2O4PS. The van der Waals surface area contributed by atoms with Crippen LogP contribution < -0.4 is 5.73 Å². The van der Waals surface area contributed by atoms with Crippen molar-refractivity contribution < 1.29 is 18.9 Å². The third kappa shape index (κ3) is 12.8. The molecule has 2 rings (SSSR count). The van der Waals surface area contributed by atoms with Gasteiger partial charge in [0, 0.05) is 11.6 Å². The smallest absolute Gasteiger partial charge is 0.333 e. The van der Waals surface area contributed by atoms with Crippen LogP contribution in [0.15, 0.2) is 42.6 Å². The summed E-state index contributed by atoms with van der Waals surface area (Å²) in [4.78, 5) is 21.8. The van der Waals surface area contributed by atoms with Crippen LogP contribution in [0.4, 0.5) is 0 Å². The second-order valence-corrected chi connectivity index (χ2v) is 6.69. The number of fused-ring (bicyclic) bond motifs is 1. The maximum absolute atomic E-state index is 10.2. The van der Waals surface area contributed by atoms with E-state index in [0.29, 0.717) is 6.42 Å². The number of pyridine rings is 1. The Morgan fingerprint density at radius 2 is 1.84 bits per heavy atom. The lowest BCUT2D eigenvalue weighted by Gasteiger charge is -2.04. The Balaban J connectivity index is 0.000000426. The molecule has 0 saturated heterocycles. The molecule has 1 aromatic carbocycles. The summed E-state index contributed by atoms with van der Waals surface area (Å²) in [6.07, 6.45) is 4.98.